The second kappa shape index (κ2) is 8.56. The van der Waals surface area contributed by atoms with Crippen molar-refractivity contribution in [3.05, 3.63) is 96.9 Å². The molecule has 0 spiro atoms. The Bertz CT molecular complexity index is 1010. The first kappa shape index (κ1) is 18.6. The quantitative estimate of drug-likeness (QED) is 0.457. The Hall–Kier alpha value is -3.37. The molecule has 0 saturated carbocycles. The van der Waals surface area contributed by atoms with Crippen LogP contribution in [0.15, 0.2) is 95.4 Å². The second-order valence-electron chi connectivity index (χ2n) is 7.62. The van der Waals surface area contributed by atoms with Gasteiger partial charge in [-0.25, -0.2) is 4.98 Å². The van der Waals surface area contributed by atoms with E-state index >= 15 is 0 Å². The van der Waals surface area contributed by atoms with Crippen molar-refractivity contribution in [3.63, 3.8) is 0 Å². The van der Waals surface area contributed by atoms with Gasteiger partial charge in [0.25, 0.3) is 0 Å². The molecule has 1 fully saturated rings. The molecule has 30 heavy (non-hydrogen) atoms. The molecule has 1 aliphatic rings. The number of oxazole rings is 1. The summed E-state index contributed by atoms with van der Waals surface area (Å²) < 4.78 is 6.30. The Morgan fingerprint density at radius 3 is 1.87 bits per heavy atom. The Labute approximate surface area is 177 Å². The monoisotopic (exact) mass is 395 g/mol. The predicted molar refractivity (Wildman–Crippen MR) is 121 cm³/mol. The average Bonchev–Trinajstić information content (AvgIpc) is 3.25. The summed E-state index contributed by atoms with van der Waals surface area (Å²) in [4.78, 5) is 9.77. The predicted octanol–water partition coefficient (Wildman–Crippen LogP) is 5.33. The molecule has 0 unspecified atom stereocenters. The smallest absolute Gasteiger partial charge is 0.209 e. The molecule has 1 aliphatic heterocycles. The number of para-hydroxylation sites is 1. The molecule has 2 heterocycles. The van der Waals surface area contributed by atoms with Gasteiger partial charge in [0.2, 0.25) is 5.89 Å². The summed E-state index contributed by atoms with van der Waals surface area (Å²) in [6.07, 6.45) is 0. The lowest BCUT2D eigenvalue weighted by Crippen LogP contribution is -2.46. The van der Waals surface area contributed by atoms with E-state index in [1.165, 1.54) is 5.69 Å². The van der Waals surface area contributed by atoms with Crippen LogP contribution in [0.25, 0.3) is 22.6 Å². The molecule has 0 aliphatic carbocycles. The van der Waals surface area contributed by atoms with Crippen molar-refractivity contribution >= 4 is 5.69 Å². The van der Waals surface area contributed by atoms with Crippen molar-refractivity contribution < 1.29 is 4.42 Å². The first-order chi connectivity index (χ1) is 14.9. The third-order valence-corrected chi connectivity index (χ3v) is 5.61. The van der Waals surface area contributed by atoms with Gasteiger partial charge < -0.3 is 9.32 Å². The van der Waals surface area contributed by atoms with Crippen molar-refractivity contribution in [1.29, 1.82) is 0 Å². The van der Waals surface area contributed by atoms with Crippen LogP contribution in [0.1, 0.15) is 5.89 Å². The molecule has 150 valence electrons. The van der Waals surface area contributed by atoms with Crippen molar-refractivity contribution in [2.24, 2.45) is 0 Å². The van der Waals surface area contributed by atoms with E-state index in [1.54, 1.807) is 0 Å². The molecule has 0 bridgehead atoms. The normalized spacial score (nSPS) is 14.7. The maximum absolute atomic E-state index is 6.30. The molecule has 4 heteroatoms. The summed E-state index contributed by atoms with van der Waals surface area (Å²) in [5.74, 6) is 1.63. The van der Waals surface area contributed by atoms with E-state index in [9.17, 15) is 0 Å². The maximum atomic E-state index is 6.30. The van der Waals surface area contributed by atoms with Gasteiger partial charge in [0.15, 0.2) is 5.76 Å². The minimum absolute atomic E-state index is 0.731. The first-order valence-electron chi connectivity index (χ1n) is 10.5. The van der Waals surface area contributed by atoms with Crippen LogP contribution >= 0.6 is 0 Å². The number of nitrogens with zero attached hydrogens (tertiary/aromatic N) is 3. The standard InChI is InChI=1S/C26H25N3O/c1-4-10-21(11-5-1)25-26(22-12-6-2-7-13-22)30-24(27-25)20-28-16-18-29(19-17-28)23-14-8-3-9-15-23/h1-15H,16-20H2. The molecule has 4 nitrogen and oxygen atoms in total. The maximum Gasteiger partial charge on any atom is 0.209 e. The van der Waals surface area contributed by atoms with Gasteiger partial charge in [0.1, 0.15) is 5.69 Å². The van der Waals surface area contributed by atoms with Crippen LogP contribution in [0.5, 0.6) is 0 Å². The fourth-order valence-electron chi connectivity index (χ4n) is 4.00. The largest absolute Gasteiger partial charge is 0.439 e. The van der Waals surface area contributed by atoms with Gasteiger partial charge >= 0.3 is 0 Å². The SMILES string of the molecule is c1ccc(-c2nc(CN3CCN(c4ccccc4)CC3)oc2-c2ccccc2)cc1. The number of hydrogen-bond acceptors (Lipinski definition) is 4. The molecule has 1 saturated heterocycles. The Morgan fingerprint density at radius 1 is 0.667 bits per heavy atom. The highest BCUT2D eigenvalue weighted by Crippen LogP contribution is 2.33. The Morgan fingerprint density at radius 2 is 1.23 bits per heavy atom. The minimum Gasteiger partial charge on any atom is -0.439 e. The number of aromatic nitrogens is 1. The summed E-state index contributed by atoms with van der Waals surface area (Å²) >= 11 is 0. The second-order valence-corrected chi connectivity index (χ2v) is 7.62. The number of piperazine rings is 1. The molecule has 3 aromatic carbocycles. The van der Waals surface area contributed by atoms with Crippen LogP contribution in [0.2, 0.25) is 0 Å². The lowest BCUT2D eigenvalue weighted by atomic mass is 10.1. The number of anilines is 1. The highest BCUT2D eigenvalue weighted by molar-refractivity contribution is 5.76. The Balaban J connectivity index is 1.35. The minimum atomic E-state index is 0.731. The van der Waals surface area contributed by atoms with Crippen LogP contribution in [0, 0.1) is 0 Å². The molecule has 4 aromatic rings. The van der Waals surface area contributed by atoms with E-state index in [1.807, 2.05) is 36.4 Å². The molecular weight excluding hydrogens is 370 g/mol. The zero-order valence-electron chi connectivity index (χ0n) is 16.9. The van der Waals surface area contributed by atoms with Crippen LogP contribution in [-0.4, -0.2) is 36.1 Å². The molecule has 0 radical (unpaired) electrons. The molecule has 5 rings (SSSR count). The fourth-order valence-corrected chi connectivity index (χ4v) is 4.00. The number of rotatable bonds is 5. The summed E-state index contributed by atoms with van der Waals surface area (Å²) in [7, 11) is 0. The van der Waals surface area contributed by atoms with E-state index < -0.39 is 0 Å². The van der Waals surface area contributed by atoms with Crippen LogP contribution < -0.4 is 4.90 Å². The van der Waals surface area contributed by atoms with Crippen LogP contribution in [0.4, 0.5) is 5.69 Å². The van der Waals surface area contributed by atoms with Crippen molar-refractivity contribution in [3.8, 4) is 22.6 Å². The van der Waals surface area contributed by atoms with Gasteiger partial charge in [-0.1, -0.05) is 78.9 Å². The van der Waals surface area contributed by atoms with Gasteiger partial charge in [-0.2, -0.15) is 0 Å². The van der Waals surface area contributed by atoms with E-state index in [4.69, 9.17) is 9.40 Å². The van der Waals surface area contributed by atoms with E-state index in [2.05, 4.69) is 64.4 Å². The highest BCUT2D eigenvalue weighted by atomic mass is 16.4. The molecule has 0 amide bonds. The van der Waals surface area contributed by atoms with Gasteiger partial charge in [-0.15, -0.1) is 0 Å². The van der Waals surface area contributed by atoms with Crippen molar-refractivity contribution in [2.75, 3.05) is 31.1 Å². The molecule has 0 N–H and O–H groups in total. The third kappa shape index (κ3) is 4.00. The summed E-state index contributed by atoms with van der Waals surface area (Å²) in [6.45, 7) is 4.76. The molecular formula is C26H25N3O. The first-order valence-corrected chi connectivity index (χ1v) is 10.5. The topological polar surface area (TPSA) is 32.5 Å². The van der Waals surface area contributed by atoms with Gasteiger partial charge in [-0.3, -0.25) is 4.90 Å². The Kier molecular flexibility index (Phi) is 5.32. The average molecular weight is 396 g/mol. The van der Waals surface area contributed by atoms with Crippen molar-refractivity contribution in [2.45, 2.75) is 6.54 Å². The van der Waals surface area contributed by atoms with Crippen LogP contribution in [0.3, 0.4) is 0 Å². The summed E-state index contributed by atoms with van der Waals surface area (Å²) in [6, 6.07) is 31.2. The third-order valence-electron chi connectivity index (χ3n) is 5.61. The van der Waals surface area contributed by atoms with Crippen LogP contribution in [-0.2, 0) is 6.54 Å². The van der Waals surface area contributed by atoms with E-state index in [0.717, 1.165) is 61.2 Å². The summed E-state index contributed by atoms with van der Waals surface area (Å²) in [5.41, 5.74) is 4.36. The van der Waals surface area contributed by atoms with E-state index in [0.29, 0.717) is 0 Å². The molecule has 1 aromatic heterocycles. The summed E-state index contributed by atoms with van der Waals surface area (Å²) in [5, 5.41) is 0. The van der Waals surface area contributed by atoms with Crippen molar-refractivity contribution in [1.82, 2.24) is 9.88 Å². The molecule has 0 atom stereocenters. The van der Waals surface area contributed by atoms with E-state index in [-0.39, 0.29) is 0 Å². The number of benzene rings is 3. The van der Waals surface area contributed by atoms with Gasteiger partial charge in [0, 0.05) is 43.0 Å². The fraction of sp³-hybridized carbons (Fsp3) is 0.192. The lowest BCUT2D eigenvalue weighted by Gasteiger charge is -2.35. The zero-order valence-corrected chi connectivity index (χ0v) is 16.9. The zero-order chi connectivity index (χ0) is 20.2. The van der Waals surface area contributed by atoms with Gasteiger partial charge in [0.05, 0.1) is 6.54 Å². The highest BCUT2D eigenvalue weighted by Gasteiger charge is 2.21. The van der Waals surface area contributed by atoms with Gasteiger partial charge in [-0.05, 0) is 12.1 Å². The number of hydrogen-bond donors (Lipinski definition) is 0. The lowest BCUT2D eigenvalue weighted by molar-refractivity contribution is 0.227.